The number of hydrogen-bond donors (Lipinski definition) is 2. The standard InChI is InChI=1S/C56H76F2N4O8/c1-16-53-21-20-30(7)62-33(10)32(9)55(47(53)62)44-31(8)45(42(68-18-3)25-41(44)60(17-2)48(55)56(66,51(65)67-15)49(53)70-36(13)63)54(50(64)69-19-4)26-37-24-38(52(14,57)58)27-61(34(37)11)35(12)43-39-22-28(5)29(6)23-40(39)59-46(43)54/h20-23,25,30,32-35,37-38,47-49,59,66H,16-19,24,26-27H2,1-15H3/t30?,32-,33?,34?,35?,37+,38-,47+,48-,49-,53-,54+,55?,56+/m1/s1/i19D2. The molecule has 1 aromatic heterocycles. The van der Waals surface area contributed by atoms with Crippen LogP contribution in [0.3, 0.4) is 0 Å². The van der Waals surface area contributed by atoms with Gasteiger partial charge in [-0.05, 0) is 147 Å². The third-order valence-corrected chi connectivity index (χ3v) is 19.0. The van der Waals surface area contributed by atoms with E-state index in [4.69, 9.17) is 21.7 Å². The number of hydrogen-bond acceptors (Lipinski definition) is 11. The zero-order chi connectivity index (χ0) is 52.9. The van der Waals surface area contributed by atoms with Crippen LogP contribution in [0.4, 0.5) is 14.5 Å². The number of ether oxygens (including phenoxy) is 4. The first-order valence-electron chi connectivity index (χ1n) is 26.6. The van der Waals surface area contributed by atoms with Gasteiger partial charge >= 0.3 is 17.9 Å². The van der Waals surface area contributed by atoms with Crippen LogP contribution in [0.2, 0.25) is 0 Å². The van der Waals surface area contributed by atoms with Crippen molar-refractivity contribution in [2.75, 3.05) is 38.3 Å². The van der Waals surface area contributed by atoms with Gasteiger partial charge in [-0.25, -0.2) is 13.6 Å². The van der Waals surface area contributed by atoms with Gasteiger partial charge in [0.25, 0.3) is 0 Å². The van der Waals surface area contributed by atoms with Crippen LogP contribution in [-0.2, 0) is 39.4 Å². The SMILES string of the molecule is [2H]C([2H])(C)OC(=O)[C@]1(c2c(OCC)cc3c(c2C)C24[C@H](C)C(C)N5C(C)C=C[C@](CC)([C@H]52)[C@@H](OC(C)=O)[C@](O)(C(=O)OC)[C@@H]4N3CC)C[C@@H]2C[C@@H](C(C)(F)F)CN(C(C)c3c1[nH]c1cc(C)c(C)cc31)C2C. The summed E-state index contributed by atoms with van der Waals surface area (Å²) in [5, 5.41) is 14.8. The zero-order valence-electron chi connectivity index (χ0n) is 45.8. The molecule has 6 aliphatic rings. The molecule has 2 N–H and O–H groups in total. The summed E-state index contributed by atoms with van der Waals surface area (Å²) >= 11 is 0. The Balaban J connectivity index is 1.50. The number of aromatic amines is 1. The highest BCUT2D eigenvalue weighted by atomic mass is 19.3. The molecular weight excluding hydrogens is 895 g/mol. The van der Waals surface area contributed by atoms with Gasteiger partial charge in [0.1, 0.15) is 11.2 Å². The maximum atomic E-state index is 16.4. The Morgan fingerprint density at radius 3 is 2.26 bits per heavy atom. The lowest BCUT2D eigenvalue weighted by Crippen LogP contribution is -2.82. The van der Waals surface area contributed by atoms with Crippen molar-refractivity contribution < 1.29 is 50.0 Å². The normalized spacial score (nSPS) is 38.1. The van der Waals surface area contributed by atoms with Crippen LogP contribution in [0.5, 0.6) is 5.75 Å². The average molecular weight is 973 g/mol. The second-order valence-corrected chi connectivity index (χ2v) is 21.9. The van der Waals surface area contributed by atoms with Crippen LogP contribution >= 0.6 is 0 Å². The predicted octanol–water partition coefficient (Wildman–Crippen LogP) is 9.15. The second kappa shape index (κ2) is 17.0. The number of methoxy groups -OCH3 is 1. The van der Waals surface area contributed by atoms with Gasteiger partial charge in [0.2, 0.25) is 11.5 Å². The summed E-state index contributed by atoms with van der Waals surface area (Å²) in [5.41, 5.74) is -0.358. The van der Waals surface area contributed by atoms with Gasteiger partial charge in [-0.15, -0.1) is 0 Å². The maximum Gasteiger partial charge on any atom is 0.344 e. The van der Waals surface area contributed by atoms with Gasteiger partial charge in [0, 0.05) is 101 Å². The van der Waals surface area contributed by atoms with E-state index < -0.39 is 88.3 Å². The quantitative estimate of drug-likeness (QED) is 0.115. The van der Waals surface area contributed by atoms with Crippen LogP contribution in [0, 0.1) is 43.9 Å². The molecule has 3 aromatic rings. The lowest BCUT2D eigenvalue weighted by atomic mass is 9.45. The van der Waals surface area contributed by atoms with E-state index in [1.165, 1.54) is 21.0 Å². The molecule has 15 atom stereocenters. The van der Waals surface area contributed by atoms with Crippen molar-refractivity contribution in [3.05, 3.63) is 69.4 Å². The average Bonchev–Trinajstić information content (AvgIpc) is 3.90. The lowest BCUT2D eigenvalue weighted by Gasteiger charge is -2.65. The third-order valence-electron chi connectivity index (χ3n) is 19.0. The molecule has 6 unspecified atom stereocenters. The molecule has 2 saturated heterocycles. The van der Waals surface area contributed by atoms with Crippen molar-refractivity contribution in [2.45, 2.75) is 181 Å². The van der Waals surface area contributed by atoms with Crippen molar-refractivity contribution >= 4 is 34.5 Å². The minimum absolute atomic E-state index is 0.0505. The summed E-state index contributed by atoms with van der Waals surface area (Å²) in [7, 11) is 1.23. The molecule has 5 aliphatic heterocycles. The van der Waals surface area contributed by atoms with Crippen molar-refractivity contribution in [3.63, 3.8) is 0 Å². The zero-order valence-corrected chi connectivity index (χ0v) is 43.8. The fourth-order valence-electron chi connectivity index (χ4n) is 15.9. The number of H-pyrrole nitrogens is 1. The molecule has 382 valence electrons. The highest BCUT2D eigenvalue weighted by molar-refractivity contribution is 5.96. The number of anilines is 1. The summed E-state index contributed by atoms with van der Waals surface area (Å²) in [6.07, 6.45) is 3.09. The number of aromatic nitrogens is 1. The van der Waals surface area contributed by atoms with E-state index in [-0.39, 0.29) is 56.6 Å². The molecule has 1 spiro atoms. The molecular formula is C56H76F2N4O8. The first-order chi connectivity index (χ1) is 33.6. The largest absolute Gasteiger partial charge is 0.493 e. The summed E-state index contributed by atoms with van der Waals surface area (Å²) in [6.45, 7) is 23.8. The van der Waals surface area contributed by atoms with Crippen molar-refractivity contribution in [2.24, 2.45) is 23.2 Å². The van der Waals surface area contributed by atoms with E-state index in [2.05, 4.69) is 47.7 Å². The Kier molecular flexibility index (Phi) is 11.6. The first kappa shape index (κ1) is 47.8. The van der Waals surface area contributed by atoms with E-state index in [0.29, 0.717) is 34.7 Å². The summed E-state index contributed by atoms with van der Waals surface area (Å²) in [5.74, 6) is -7.20. The molecule has 0 amide bonds. The van der Waals surface area contributed by atoms with Crippen LogP contribution in [0.1, 0.15) is 143 Å². The van der Waals surface area contributed by atoms with E-state index in [1.54, 1.807) is 0 Å². The number of carbonyl (C=O) groups excluding carboxylic acids is 3. The van der Waals surface area contributed by atoms with Crippen LogP contribution in [0.15, 0.2) is 30.4 Å². The molecule has 3 fully saturated rings. The number of nitrogens with zero attached hydrogens (tertiary/aromatic N) is 3. The Hall–Kier alpha value is -4.53. The number of halogens is 2. The third kappa shape index (κ3) is 6.35. The smallest absolute Gasteiger partial charge is 0.344 e. The number of aliphatic hydroxyl groups is 1. The van der Waals surface area contributed by atoms with Gasteiger partial charge in [0.15, 0.2) is 6.10 Å². The highest BCUT2D eigenvalue weighted by Gasteiger charge is 2.83. The first-order valence-corrected chi connectivity index (χ1v) is 25.6. The molecule has 1 aliphatic carbocycles. The number of nitrogens with one attached hydrogen (secondary N) is 1. The molecule has 2 bridgehead atoms. The molecule has 6 heterocycles. The number of benzene rings is 2. The Morgan fingerprint density at radius 1 is 0.971 bits per heavy atom. The van der Waals surface area contributed by atoms with Crippen molar-refractivity contribution in [1.82, 2.24) is 14.8 Å². The monoisotopic (exact) mass is 973 g/mol. The minimum Gasteiger partial charge on any atom is -0.493 e. The second-order valence-electron chi connectivity index (χ2n) is 21.9. The predicted molar refractivity (Wildman–Crippen MR) is 266 cm³/mol. The number of piperidine rings is 1. The van der Waals surface area contributed by atoms with E-state index in [9.17, 15) is 9.90 Å². The van der Waals surface area contributed by atoms with Crippen molar-refractivity contribution in [1.29, 1.82) is 0 Å². The van der Waals surface area contributed by atoms with Crippen molar-refractivity contribution in [3.8, 4) is 5.75 Å². The van der Waals surface area contributed by atoms with Gasteiger partial charge in [-0.1, -0.05) is 26.0 Å². The number of esters is 3. The minimum atomic E-state index is -3.06. The Bertz CT molecular complexity index is 2750. The highest BCUT2D eigenvalue weighted by Crippen LogP contribution is 2.72. The number of likely N-dealkylation sites (N-methyl/N-ethyl adjacent to an activating group) is 1. The molecule has 0 radical (unpaired) electrons. The van der Waals surface area contributed by atoms with Gasteiger partial charge in [-0.3, -0.25) is 19.4 Å². The van der Waals surface area contributed by atoms with E-state index in [1.807, 2.05) is 78.5 Å². The maximum absolute atomic E-state index is 16.4. The molecule has 2 aromatic carbocycles. The summed E-state index contributed by atoms with van der Waals surface area (Å²) in [4.78, 5) is 55.2. The molecule has 12 nitrogen and oxygen atoms in total. The van der Waals surface area contributed by atoms with Crippen LogP contribution in [0.25, 0.3) is 10.9 Å². The number of carbonyl (C=O) groups is 3. The molecule has 9 rings (SSSR count). The number of fused-ring (bicyclic) bond motifs is 6. The number of aryl methyl sites for hydroxylation is 2. The van der Waals surface area contributed by atoms with Crippen LogP contribution < -0.4 is 9.64 Å². The van der Waals surface area contributed by atoms with E-state index >= 15 is 18.4 Å². The van der Waals surface area contributed by atoms with Gasteiger partial charge in [0.05, 0.1) is 29.1 Å². The molecule has 1 saturated carbocycles. The van der Waals surface area contributed by atoms with Gasteiger partial charge in [-0.2, -0.15) is 0 Å². The van der Waals surface area contributed by atoms with Crippen LogP contribution in [-0.4, -0.2) is 119 Å². The lowest BCUT2D eigenvalue weighted by molar-refractivity contribution is -0.231. The fraction of sp³-hybridized carbons (Fsp3) is 0.661. The molecule has 70 heavy (non-hydrogen) atoms. The summed E-state index contributed by atoms with van der Waals surface area (Å²) < 4.78 is 74.8. The number of alkyl halides is 2. The summed E-state index contributed by atoms with van der Waals surface area (Å²) in [6, 6.07) is 3.29. The fourth-order valence-corrected chi connectivity index (χ4v) is 15.9. The van der Waals surface area contributed by atoms with Gasteiger partial charge < -0.3 is 33.9 Å². The Labute approximate surface area is 415 Å². The topological polar surface area (TPSA) is 134 Å². The Morgan fingerprint density at radius 2 is 1.66 bits per heavy atom. The molecule has 14 heteroatoms. The van der Waals surface area contributed by atoms with E-state index in [0.717, 1.165) is 40.1 Å². The number of rotatable bonds is 10.